The van der Waals surface area contributed by atoms with Gasteiger partial charge in [-0.1, -0.05) is 40.2 Å². The molecule has 1 saturated heterocycles. The summed E-state index contributed by atoms with van der Waals surface area (Å²) < 4.78 is 0.926. The first-order valence-electron chi connectivity index (χ1n) is 7.81. The number of amides is 1. The normalized spacial score (nSPS) is 21.4. The van der Waals surface area contributed by atoms with Crippen molar-refractivity contribution < 1.29 is 4.79 Å². The summed E-state index contributed by atoms with van der Waals surface area (Å²) in [5.41, 5.74) is 0.783. The lowest BCUT2D eigenvalue weighted by Gasteiger charge is -2.30. The number of carbonyl (C=O) groups excluding carboxylic acids is 1. The van der Waals surface area contributed by atoms with Crippen molar-refractivity contribution in [1.82, 2.24) is 10.2 Å². The fourth-order valence-corrected chi connectivity index (χ4v) is 4.62. The average Bonchev–Trinajstić information content (AvgIpc) is 2.79. The Morgan fingerprint density at radius 3 is 2.20 bits per heavy atom. The Bertz CT molecular complexity index is 845. The van der Waals surface area contributed by atoms with E-state index in [9.17, 15) is 4.79 Å². The number of rotatable bonds is 3. The van der Waals surface area contributed by atoms with Crippen LogP contribution in [0.5, 0.6) is 0 Å². The molecule has 25 heavy (non-hydrogen) atoms. The minimum absolute atomic E-state index is 0.0635. The molecule has 6 heteroatoms. The maximum Gasteiger partial charge on any atom is 0.263 e. The molecule has 1 aliphatic rings. The van der Waals surface area contributed by atoms with Gasteiger partial charge in [-0.15, -0.1) is 0 Å². The molecular weight excluding hydrogens is 416 g/mol. The van der Waals surface area contributed by atoms with E-state index in [0.29, 0.717) is 5.11 Å². The van der Waals surface area contributed by atoms with E-state index in [1.54, 1.807) is 7.05 Å². The van der Waals surface area contributed by atoms with E-state index in [4.69, 9.17) is 12.2 Å². The number of carbonyl (C=O) groups is 1. The lowest BCUT2D eigenvalue weighted by molar-refractivity contribution is -0.129. The van der Waals surface area contributed by atoms with Gasteiger partial charge in [0.15, 0.2) is 10.7 Å². The van der Waals surface area contributed by atoms with Crippen LogP contribution < -0.4 is 5.32 Å². The summed E-state index contributed by atoms with van der Waals surface area (Å²) in [6.45, 7) is 0. The molecule has 1 N–H and O–H groups in total. The molecule has 0 aromatic heterocycles. The average molecular weight is 437 g/mol. The van der Waals surface area contributed by atoms with Crippen LogP contribution in [0, 0.1) is 0 Å². The molecule has 3 nitrogen and oxygen atoms in total. The van der Waals surface area contributed by atoms with E-state index in [1.807, 2.05) is 36.4 Å². The Balaban J connectivity index is 2.20. The summed E-state index contributed by atoms with van der Waals surface area (Å²) in [4.78, 5) is 16.0. The third kappa shape index (κ3) is 3.11. The fourth-order valence-electron chi connectivity index (χ4n) is 3.03. The van der Waals surface area contributed by atoms with Crippen LogP contribution in [0.1, 0.15) is 11.1 Å². The van der Waals surface area contributed by atoms with Crippen molar-refractivity contribution in [3.63, 3.8) is 0 Å². The second-order valence-electron chi connectivity index (χ2n) is 6.92. The molecule has 0 aliphatic carbocycles. The first kappa shape index (κ1) is 18.4. The quantitative estimate of drug-likeness (QED) is 0.735. The highest BCUT2D eigenvalue weighted by Crippen LogP contribution is 2.46. The van der Waals surface area contributed by atoms with Crippen LogP contribution in [-0.2, 0) is 10.3 Å². The van der Waals surface area contributed by atoms with Crippen LogP contribution in [0.4, 0.5) is 0 Å². The monoisotopic (exact) mass is 436 g/mol. The van der Waals surface area contributed by atoms with Gasteiger partial charge in [0.25, 0.3) is 5.91 Å². The standard InChI is InChI=1S/C19H21BrN2OS2/c1-22-17(23)19(21-18(22)24,14-6-5-7-15(20)12-14)13-8-10-16(11-9-13)25(2,3)4/h5-12H,1-4H3,(H,21,24). The molecule has 1 heterocycles. The lowest BCUT2D eigenvalue weighted by Crippen LogP contribution is -2.44. The second kappa shape index (κ2) is 6.41. The van der Waals surface area contributed by atoms with Gasteiger partial charge in [0, 0.05) is 11.5 Å². The Morgan fingerprint density at radius 2 is 1.72 bits per heavy atom. The van der Waals surface area contributed by atoms with E-state index >= 15 is 0 Å². The zero-order chi connectivity index (χ0) is 18.4. The van der Waals surface area contributed by atoms with Crippen molar-refractivity contribution in [2.24, 2.45) is 0 Å². The van der Waals surface area contributed by atoms with Crippen LogP contribution in [-0.4, -0.2) is 41.7 Å². The topological polar surface area (TPSA) is 32.3 Å². The maximum absolute atomic E-state index is 13.2. The summed E-state index contributed by atoms with van der Waals surface area (Å²) >= 11 is 8.88. The van der Waals surface area contributed by atoms with Gasteiger partial charge in [-0.2, -0.15) is 0 Å². The lowest BCUT2D eigenvalue weighted by atomic mass is 9.83. The largest absolute Gasteiger partial charge is 0.341 e. The number of likely N-dealkylation sites (N-methyl/N-ethyl adjacent to an activating group) is 1. The highest BCUT2D eigenvalue weighted by molar-refractivity contribution is 9.10. The highest BCUT2D eigenvalue weighted by Gasteiger charge is 2.50. The second-order valence-corrected chi connectivity index (χ2v) is 12.4. The Kier molecular flexibility index (Phi) is 4.73. The Hall–Kier alpha value is -1.37. The van der Waals surface area contributed by atoms with Gasteiger partial charge < -0.3 is 5.32 Å². The summed E-state index contributed by atoms with van der Waals surface area (Å²) in [5.74, 6) is -0.0635. The molecular formula is C19H21BrN2OS2. The molecule has 1 amide bonds. The van der Waals surface area contributed by atoms with Gasteiger partial charge in [-0.25, -0.2) is 10.0 Å². The number of hydrogen-bond donors (Lipinski definition) is 1. The SMILES string of the molecule is CN1C(=O)C(c2ccc(S(C)(C)C)cc2)(c2cccc(Br)c2)NC1=S. The molecule has 1 unspecified atom stereocenters. The minimum atomic E-state index is -0.985. The Labute approximate surface area is 164 Å². The maximum atomic E-state index is 13.2. The molecule has 0 saturated carbocycles. The highest BCUT2D eigenvalue weighted by atomic mass is 79.9. The van der Waals surface area contributed by atoms with Gasteiger partial charge >= 0.3 is 0 Å². The van der Waals surface area contributed by atoms with E-state index < -0.39 is 15.6 Å². The van der Waals surface area contributed by atoms with E-state index in [0.717, 1.165) is 15.6 Å². The predicted molar refractivity (Wildman–Crippen MR) is 113 cm³/mol. The van der Waals surface area contributed by atoms with Crippen LogP contribution in [0.25, 0.3) is 0 Å². The number of hydrogen-bond acceptors (Lipinski definition) is 2. The van der Waals surface area contributed by atoms with Crippen molar-refractivity contribution >= 4 is 49.2 Å². The van der Waals surface area contributed by atoms with Crippen molar-refractivity contribution in [2.75, 3.05) is 25.8 Å². The van der Waals surface area contributed by atoms with Crippen LogP contribution in [0.15, 0.2) is 57.9 Å². The molecule has 2 aromatic carbocycles. The third-order valence-electron chi connectivity index (χ3n) is 4.48. The molecule has 3 rings (SSSR count). The molecule has 1 fully saturated rings. The van der Waals surface area contributed by atoms with Crippen LogP contribution in [0.2, 0.25) is 0 Å². The Morgan fingerprint density at radius 1 is 1.08 bits per heavy atom. The van der Waals surface area contributed by atoms with Crippen molar-refractivity contribution in [3.8, 4) is 0 Å². The molecule has 0 spiro atoms. The predicted octanol–water partition coefficient (Wildman–Crippen LogP) is 4.09. The van der Waals surface area contributed by atoms with Crippen molar-refractivity contribution in [3.05, 3.63) is 64.1 Å². The third-order valence-corrected chi connectivity index (χ3v) is 7.03. The number of thiocarbonyl (C=S) groups is 1. The van der Waals surface area contributed by atoms with Gasteiger partial charge in [0.05, 0.1) is 0 Å². The first-order chi connectivity index (χ1) is 11.7. The van der Waals surface area contributed by atoms with Gasteiger partial charge in [-0.05, 0) is 71.3 Å². The van der Waals surface area contributed by atoms with Gasteiger partial charge in [0.1, 0.15) is 0 Å². The molecule has 2 aromatic rings. The molecule has 0 bridgehead atoms. The summed E-state index contributed by atoms with van der Waals surface area (Å²) in [7, 11) is 0.895. The van der Waals surface area contributed by atoms with E-state index in [2.05, 4.69) is 52.1 Å². The van der Waals surface area contributed by atoms with Gasteiger partial charge in [-0.3, -0.25) is 9.69 Å². The summed E-state index contributed by atoms with van der Waals surface area (Å²) in [6.07, 6.45) is 6.77. The number of benzene rings is 2. The number of halogens is 1. The zero-order valence-corrected chi connectivity index (χ0v) is 17.9. The van der Waals surface area contributed by atoms with E-state index in [1.165, 1.54) is 9.80 Å². The summed E-state index contributed by atoms with van der Waals surface area (Å²) in [6, 6.07) is 16.1. The van der Waals surface area contributed by atoms with Crippen molar-refractivity contribution in [2.45, 2.75) is 10.4 Å². The molecule has 0 radical (unpaired) electrons. The van der Waals surface area contributed by atoms with E-state index in [-0.39, 0.29) is 5.91 Å². The number of nitrogens with one attached hydrogen (secondary N) is 1. The smallest absolute Gasteiger partial charge is 0.263 e. The first-order valence-corrected chi connectivity index (χ1v) is 11.9. The molecule has 132 valence electrons. The fraction of sp³-hybridized carbons (Fsp3) is 0.263. The van der Waals surface area contributed by atoms with Crippen molar-refractivity contribution in [1.29, 1.82) is 0 Å². The zero-order valence-electron chi connectivity index (χ0n) is 14.7. The minimum Gasteiger partial charge on any atom is -0.341 e. The van der Waals surface area contributed by atoms with Crippen LogP contribution >= 0.6 is 38.2 Å². The number of nitrogens with zero attached hydrogens (tertiary/aromatic N) is 1. The van der Waals surface area contributed by atoms with Gasteiger partial charge in [0.2, 0.25) is 0 Å². The molecule has 1 atom stereocenters. The summed E-state index contributed by atoms with van der Waals surface area (Å²) in [5, 5.41) is 3.72. The van der Waals surface area contributed by atoms with Crippen LogP contribution in [0.3, 0.4) is 0 Å². The molecule has 1 aliphatic heterocycles.